The van der Waals surface area contributed by atoms with Gasteiger partial charge in [-0.2, -0.15) is 0 Å². The van der Waals surface area contributed by atoms with E-state index in [0.29, 0.717) is 6.54 Å². The fraction of sp³-hybridized carbons (Fsp3) is 0.0714. The van der Waals surface area contributed by atoms with Crippen LogP contribution in [0.25, 0.3) is 6.08 Å². The smallest absolute Gasteiger partial charge is 0.261 e. The number of thiophene rings is 1. The van der Waals surface area contributed by atoms with Gasteiger partial charge < -0.3 is 5.32 Å². The normalized spacial score (nSPS) is 9.88. The Bertz CT molecular complexity index is 500. The predicted molar refractivity (Wildman–Crippen MR) is 72.0 cm³/mol. The van der Waals surface area contributed by atoms with Gasteiger partial charge in [-0.15, -0.1) is 11.3 Å². The van der Waals surface area contributed by atoms with E-state index in [2.05, 4.69) is 11.9 Å². The monoisotopic (exact) mass is 243 g/mol. The Labute approximate surface area is 105 Å². The summed E-state index contributed by atoms with van der Waals surface area (Å²) in [5.41, 5.74) is 2.17. The molecule has 0 saturated carbocycles. The molecule has 86 valence electrons. The van der Waals surface area contributed by atoms with Gasteiger partial charge in [0, 0.05) is 6.54 Å². The van der Waals surface area contributed by atoms with Crippen LogP contribution in [0.5, 0.6) is 0 Å². The van der Waals surface area contributed by atoms with Crippen molar-refractivity contribution < 1.29 is 4.79 Å². The third-order valence-corrected chi connectivity index (χ3v) is 3.28. The minimum Gasteiger partial charge on any atom is -0.347 e. The molecule has 0 aliphatic carbocycles. The van der Waals surface area contributed by atoms with Crippen molar-refractivity contribution in [3.8, 4) is 0 Å². The average Bonchev–Trinajstić information content (AvgIpc) is 2.90. The Morgan fingerprint density at radius 2 is 2.06 bits per heavy atom. The highest BCUT2D eigenvalue weighted by molar-refractivity contribution is 7.12. The van der Waals surface area contributed by atoms with Crippen LogP contribution in [0.1, 0.15) is 20.8 Å². The Balaban J connectivity index is 1.93. The quantitative estimate of drug-likeness (QED) is 0.877. The minimum absolute atomic E-state index is 0.0206. The van der Waals surface area contributed by atoms with E-state index in [-0.39, 0.29) is 5.91 Å². The van der Waals surface area contributed by atoms with Gasteiger partial charge in [-0.3, -0.25) is 4.79 Å². The summed E-state index contributed by atoms with van der Waals surface area (Å²) >= 11 is 1.45. The Morgan fingerprint density at radius 3 is 2.65 bits per heavy atom. The van der Waals surface area contributed by atoms with E-state index in [1.165, 1.54) is 11.3 Å². The molecule has 0 atom stereocenters. The lowest BCUT2D eigenvalue weighted by Gasteiger charge is -2.04. The van der Waals surface area contributed by atoms with Crippen molar-refractivity contribution in [3.05, 3.63) is 64.4 Å². The van der Waals surface area contributed by atoms with Gasteiger partial charge in [-0.05, 0) is 22.6 Å². The summed E-state index contributed by atoms with van der Waals surface area (Å²) in [4.78, 5) is 12.4. The molecule has 0 unspecified atom stereocenters. The number of nitrogens with one attached hydrogen (secondary N) is 1. The molecule has 0 saturated heterocycles. The van der Waals surface area contributed by atoms with Crippen molar-refractivity contribution in [1.29, 1.82) is 0 Å². The van der Waals surface area contributed by atoms with E-state index in [1.807, 2.05) is 41.8 Å². The first kappa shape index (κ1) is 11.6. The second-order valence-electron chi connectivity index (χ2n) is 3.61. The van der Waals surface area contributed by atoms with Crippen molar-refractivity contribution in [3.63, 3.8) is 0 Å². The molecule has 2 nitrogen and oxygen atoms in total. The first-order valence-corrected chi connectivity index (χ1v) is 6.20. The maximum Gasteiger partial charge on any atom is 0.261 e. The second-order valence-corrected chi connectivity index (χ2v) is 4.55. The predicted octanol–water partition coefficient (Wildman–Crippen LogP) is 3.32. The Morgan fingerprint density at radius 1 is 1.29 bits per heavy atom. The highest BCUT2D eigenvalue weighted by atomic mass is 32.1. The highest BCUT2D eigenvalue weighted by Gasteiger charge is 2.05. The molecule has 1 amide bonds. The van der Waals surface area contributed by atoms with Crippen LogP contribution in [0.15, 0.2) is 48.4 Å². The number of amides is 1. The molecular weight excluding hydrogens is 230 g/mol. The van der Waals surface area contributed by atoms with Crippen molar-refractivity contribution in [2.45, 2.75) is 6.54 Å². The van der Waals surface area contributed by atoms with Gasteiger partial charge in [0.1, 0.15) is 0 Å². The first-order chi connectivity index (χ1) is 8.29. The number of carbonyl (C=O) groups excluding carboxylic acids is 1. The van der Waals surface area contributed by atoms with Crippen LogP contribution in [0.3, 0.4) is 0 Å². The summed E-state index contributed by atoms with van der Waals surface area (Å²) in [5, 5.41) is 4.78. The number of hydrogen-bond acceptors (Lipinski definition) is 2. The van der Waals surface area contributed by atoms with Crippen LogP contribution in [-0.4, -0.2) is 5.91 Å². The zero-order valence-electron chi connectivity index (χ0n) is 9.35. The number of carbonyl (C=O) groups is 1. The lowest BCUT2D eigenvalue weighted by molar-refractivity contribution is 0.0955. The summed E-state index contributed by atoms with van der Waals surface area (Å²) < 4.78 is 0. The van der Waals surface area contributed by atoms with Crippen LogP contribution >= 0.6 is 11.3 Å². The molecular formula is C14H13NOS. The van der Waals surface area contributed by atoms with Gasteiger partial charge in [0.2, 0.25) is 0 Å². The van der Waals surface area contributed by atoms with Gasteiger partial charge in [0.05, 0.1) is 4.88 Å². The summed E-state index contributed by atoms with van der Waals surface area (Å²) in [6, 6.07) is 11.6. The lowest BCUT2D eigenvalue weighted by Crippen LogP contribution is -2.21. The summed E-state index contributed by atoms with van der Waals surface area (Å²) in [6.45, 7) is 4.25. The Kier molecular flexibility index (Phi) is 3.73. The number of hydrogen-bond donors (Lipinski definition) is 1. The van der Waals surface area contributed by atoms with Crippen molar-refractivity contribution in [2.24, 2.45) is 0 Å². The molecule has 0 bridgehead atoms. The first-order valence-electron chi connectivity index (χ1n) is 5.32. The van der Waals surface area contributed by atoms with Crippen LogP contribution in [0, 0.1) is 0 Å². The largest absolute Gasteiger partial charge is 0.347 e. The second kappa shape index (κ2) is 5.46. The maximum absolute atomic E-state index is 11.7. The van der Waals surface area contributed by atoms with Gasteiger partial charge in [-0.1, -0.05) is 43.0 Å². The third-order valence-electron chi connectivity index (χ3n) is 2.41. The van der Waals surface area contributed by atoms with E-state index < -0.39 is 0 Å². The van der Waals surface area contributed by atoms with E-state index in [1.54, 1.807) is 6.08 Å². The topological polar surface area (TPSA) is 29.1 Å². The molecule has 3 heteroatoms. The summed E-state index contributed by atoms with van der Waals surface area (Å²) in [7, 11) is 0. The molecule has 0 aliphatic rings. The van der Waals surface area contributed by atoms with E-state index in [9.17, 15) is 4.79 Å². The lowest BCUT2D eigenvalue weighted by atomic mass is 10.1. The zero-order chi connectivity index (χ0) is 12.1. The SMILES string of the molecule is C=Cc1ccc(CNC(=O)c2cccs2)cc1. The van der Waals surface area contributed by atoms with Gasteiger partial charge in [-0.25, -0.2) is 0 Å². The molecule has 0 aliphatic heterocycles. The maximum atomic E-state index is 11.7. The van der Waals surface area contributed by atoms with Crippen molar-refractivity contribution >= 4 is 23.3 Å². The van der Waals surface area contributed by atoms with E-state index in [0.717, 1.165) is 16.0 Å². The average molecular weight is 243 g/mol. The third kappa shape index (κ3) is 3.04. The summed E-state index contributed by atoms with van der Waals surface area (Å²) in [6.07, 6.45) is 1.80. The molecule has 0 spiro atoms. The highest BCUT2D eigenvalue weighted by Crippen LogP contribution is 2.09. The molecule has 1 N–H and O–H groups in total. The standard InChI is InChI=1S/C14H13NOS/c1-2-11-5-7-12(8-6-11)10-15-14(16)13-4-3-9-17-13/h2-9H,1,10H2,(H,15,16). The van der Waals surface area contributed by atoms with Crippen LogP contribution in [0.2, 0.25) is 0 Å². The fourth-order valence-electron chi connectivity index (χ4n) is 1.45. The Hall–Kier alpha value is -1.87. The van der Waals surface area contributed by atoms with Crippen LogP contribution in [-0.2, 0) is 6.54 Å². The molecule has 1 aromatic heterocycles. The van der Waals surface area contributed by atoms with Gasteiger partial charge in [0.15, 0.2) is 0 Å². The van der Waals surface area contributed by atoms with Crippen molar-refractivity contribution in [2.75, 3.05) is 0 Å². The van der Waals surface area contributed by atoms with Gasteiger partial charge in [0.25, 0.3) is 5.91 Å². The summed E-state index contributed by atoms with van der Waals surface area (Å²) in [5.74, 6) is -0.0206. The van der Waals surface area contributed by atoms with Gasteiger partial charge >= 0.3 is 0 Å². The van der Waals surface area contributed by atoms with E-state index >= 15 is 0 Å². The molecule has 0 fully saturated rings. The van der Waals surface area contributed by atoms with E-state index in [4.69, 9.17) is 0 Å². The minimum atomic E-state index is -0.0206. The number of rotatable bonds is 4. The zero-order valence-corrected chi connectivity index (χ0v) is 10.2. The molecule has 0 radical (unpaired) electrons. The molecule has 2 aromatic rings. The molecule has 17 heavy (non-hydrogen) atoms. The fourth-order valence-corrected chi connectivity index (χ4v) is 2.09. The molecule has 2 rings (SSSR count). The van der Waals surface area contributed by atoms with Crippen molar-refractivity contribution in [1.82, 2.24) is 5.32 Å². The van der Waals surface area contributed by atoms with Crippen LogP contribution in [0.4, 0.5) is 0 Å². The molecule has 1 aromatic carbocycles. The molecule has 1 heterocycles. The number of benzene rings is 1. The van der Waals surface area contributed by atoms with Crippen LogP contribution < -0.4 is 5.32 Å².